The van der Waals surface area contributed by atoms with E-state index in [0.29, 0.717) is 23.5 Å². The average molecular weight is 392 g/mol. The number of aromatic nitrogens is 1. The molecule has 4 heterocycles. The van der Waals surface area contributed by atoms with Gasteiger partial charge in [-0.15, -0.1) is 11.3 Å². The zero-order chi connectivity index (χ0) is 17.9. The van der Waals surface area contributed by atoms with E-state index >= 15 is 0 Å². The third kappa shape index (κ3) is 3.82. The number of nitrogens with one attached hydrogen (secondary N) is 1. The number of likely N-dealkylation sites (tertiary alicyclic amines) is 1. The highest BCUT2D eigenvalue weighted by Crippen LogP contribution is 2.32. The molecule has 1 unspecified atom stereocenters. The van der Waals surface area contributed by atoms with Gasteiger partial charge in [0.05, 0.1) is 6.20 Å². The molecule has 0 saturated carbocycles. The van der Waals surface area contributed by atoms with E-state index in [0.717, 1.165) is 37.3 Å². The topological polar surface area (TPSA) is 71.5 Å². The maximum Gasteiger partial charge on any atom is 0.265 e. The molecule has 138 valence electrons. The van der Waals surface area contributed by atoms with Gasteiger partial charge in [0, 0.05) is 36.7 Å². The van der Waals surface area contributed by atoms with Crippen LogP contribution >= 0.6 is 22.7 Å². The van der Waals surface area contributed by atoms with Crippen LogP contribution in [0, 0.1) is 0 Å². The van der Waals surface area contributed by atoms with Crippen molar-refractivity contribution in [3.8, 4) is 0 Å². The van der Waals surface area contributed by atoms with Crippen LogP contribution in [0.3, 0.4) is 0 Å². The summed E-state index contributed by atoms with van der Waals surface area (Å²) in [4.78, 5) is 31.8. The Kier molecular flexibility index (Phi) is 5.33. The number of rotatable bonds is 4. The van der Waals surface area contributed by atoms with Gasteiger partial charge in [0.15, 0.2) is 0 Å². The Morgan fingerprint density at radius 2 is 2.12 bits per heavy atom. The lowest BCUT2D eigenvalue weighted by Gasteiger charge is -2.32. The lowest BCUT2D eigenvalue weighted by molar-refractivity contribution is 0.0702. The average Bonchev–Trinajstić information content (AvgIpc) is 3.43. The van der Waals surface area contributed by atoms with Gasteiger partial charge >= 0.3 is 0 Å². The number of thiophene rings is 1. The molecular formula is C18H21N3O3S2. The Morgan fingerprint density at radius 3 is 2.81 bits per heavy atom. The van der Waals surface area contributed by atoms with E-state index in [2.05, 4.69) is 10.3 Å². The third-order valence-electron chi connectivity index (χ3n) is 4.84. The van der Waals surface area contributed by atoms with Gasteiger partial charge in [-0.05, 0) is 37.1 Å². The zero-order valence-corrected chi connectivity index (χ0v) is 16.0. The Bertz CT molecular complexity index is 761. The molecule has 0 spiro atoms. The molecule has 6 nitrogen and oxygen atoms in total. The number of carbonyl (C=O) groups is 2. The van der Waals surface area contributed by atoms with Crippen molar-refractivity contribution in [2.24, 2.45) is 0 Å². The molecule has 2 aliphatic rings. The van der Waals surface area contributed by atoms with Crippen molar-refractivity contribution >= 4 is 34.5 Å². The van der Waals surface area contributed by atoms with Gasteiger partial charge in [0.25, 0.3) is 11.8 Å². The molecule has 1 atom stereocenters. The summed E-state index contributed by atoms with van der Waals surface area (Å²) in [6.45, 7) is 2.08. The number of thiazole rings is 1. The van der Waals surface area contributed by atoms with E-state index in [1.807, 2.05) is 21.7 Å². The van der Waals surface area contributed by atoms with Gasteiger partial charge < -0.3 is 15.0 Å². The van der Waals surface area contributed by atoms with E-state index in [1.54, 1.807) is 6.20 Å². The fourth-order valence-corrected chi connectivity index (χ4v) is 4.96. The van der Waals surface area contributed by atoms with Crippen LogP contribution in [0.2, 0.25) is 0 Å². The van der Waals surface area contributed by atoms with Crippen molar-refractivity contribution in [2.45, 2.75) is 37.8 Å². The highest BCUT2D eigenvalue weighted by atomic mass is 32.1. The molecule has 26 heavy (non-hydrogen) atoms. The molecule has 4 rings (SSSR count). The first-order valence-electron chi connectivity index (χ1n) is 8.90. The second kappa shape index (κ2) is 7.85. The Balaban J connectivity index is 1.30. The largest absolute Gasteiger partial charge is 0.371 e. The van der Waals surface area contributed by atoms with E-state index in [4.69, 9.17) is 4.74 Å². The molecule has 2 amide bonds. The summed E-state index contributed by atoms with van der Waals surface area (Å²) in [7, 11) is 0. The molecule has 8 heteroatoms. The highest BCUT2D eigenvalue weighted by molar-refractivity contribution is 7.13. The minimum absolute atomic E-state index is 0.0281. The zero-order valence-electron chi connectivity index (χ0n) is 14.3. The molecule has 0 bridgehead atoms. The van der Waals surface area contributed by atoms with Gasteiger partial charge in [0.2, 0.25) is 0 Å². The molecular weight excluding hydrogens is 370 g/mol. The summed E-state index contributed by atoms with van der Waals surface area (Å²) in [6.07, 6.45) is 5.32. The summed E-state index contributed by atoms with van der Waals surface area (Å²) in [5.41, 5.74) is 0.708. The van der Waals surface area contributed by atoms with Crippen molar-refractivity contribution in [3.05, 3.63) is 38.5 Å². The molecule has 2 fully saturated rings. The number of piperidine rings is 1. The first-order chi connectivity index (χ1) is 12.7. The lowest BCUT2D eigenvalue weighted by Crippen LogP contribution is -2.46. The third-order valence-corrected chi connectivity index (χ3v) is 6.60. The van der Waals surface area contributed by atoms with Gasteiger partial charge in [-0.2, -0.15) is 11.3 Å². The van der Waals surface area contributed by atoms with Crippen molar-refractivity contribution in [1.29, 1.82) is 0 Å². The van der Waals surface area contributed by atoms with Crippen molar-refractivity contribution in [2.75, 3.05) is 19.7 Å². The smallest absolute Gasteiger partial charge is 0.265 e. The number of hydrogen-bond acceptors (Lipinski definition) is 6. The van der Waals surface area contributed by atoms with Crippen molar-refractivity contribution in [3.63, 3.8) is 0 Å². The molecule has 1 N–H and O–H groups in total. The van der Waals surface area contributed by atoms with Crippen LogP contribution in [0.4, 0.5) is 0 Å². The first kappa shape index (κ1) is 17.6. The summed E-state index contributed by atoms with van der Waals surface area (Å²) in [5.74, 6) is 0.00838. The lowest BCUT2D eigenvalue weighted by atomic mass is 10.0. The van der Waals surface area contributed by atoms with Gasteiger partial charge in [-0.3, -0.25) is 9.59 Å². The standard InChI is InChI=1S/C18H21N3O3S2/c22-16(12-5-9-25-11-12)20-13-3-6-21(7-4-13)18(23)15-10-19-17(26-15)14-2-1-8-24-14/h5,9-11,13-14H,1-4,6-8H2,(H,20,22). The number of carbonyl (C=O) groups excluding carboxylic acids is 2. The van der Waals surface area contributed by atoms with Gasteiger partial charge in [-0.1, -0.05) is 0 Å². The molecule has 2 saturated heterocycles. The number of ether oxygens (including phenoxy) is 1. The Hall–Kier alpha value is -1.77. The highest BCUT2D eigenvalue weighted by Gasteiger charge is 2.27. The van der Waals surface area contributed by atoms with Crippen LogP contribution < -0.4 is 5.32 Å². The Labute approximate surface area is 160 Å². The summed E-state index contributed by atoms with van der Waals surface area (Å²) < 4.78 is 5.64. The number of nitrogens with zero attached hydrogens (tertiary/aromatic N) is 2. The number of hydrogen-bond donors (Lipinski definition) is 1. The molecule has 2 aliphatic heterocycles. The summed E-state index contributed by atoms with van der Waals surface area (Å²) >= 11 is 2.96. The molecule has 0 aromatic carbocycles. The van der Waals surface area contributed by atoms with Crippen LogP contribution in [0.15, 0.2) is 23.0 Å². The molecule has 0 radical (unpaired) electrons. The van der Waals surface area contributed by atoms with Gasteiger partial charge in [-0.25, -0.2) is 4.98 Å². The van der Waals surface area contributed by atoms with Crippen LogP contribution in [0.25, 0.3) is 0 Å². The summed E-state index contributed by atoms with van der Waals surface area (Å²) in [5, 5.41) is 7.72. The van der Waals surface area contributed by atoms with Crippen molar-refractivity contribution < 1.29 is 14.3 Å². The first-order valence-corrected chi connectivity index (χ1v) is 10.7. The maximum atomic E-state index is 12.7. The normalized spacial score (nSPS) is 21.1. The quantitative estimate of drug-likeness (QED) is 0.869. The fourth-order valence-electron chi connectivity index (χ4n) is 3.35. The Morgan fingerprint density at radius 1 is 1.27 bits per heavy atom. The second-order valence-corrected chi connectivity index (χ2v) is 8.46. The summed E-state index contributed by atoms with van der Waals surface area (Å²) in [6, 6.07) is 1.95. The molecule has 2 aromatic heterocycles. The molecule has 0 aliphatic carbocycles. The van der Waals surface area contributed by atoms with Crippen LogP contribution in [-0.4, -0.2) is 47.4 Å². The van der Waals surface area contributed by atoms with E-state index in [9.17, 15) is 9.59 Å². The van der Waals surface area contributed by atoms with E-state index < -0.39 is 0 Å². The van der Waals surface area contributed by atoms with Crippen LogP contribution in [-0.2, 0) is 4.74 Å². The molecule has 2 aromatic rings. The van der Waals surface area contributed by atoms with E-state index in [1.165, 1.54) is 22.7 Å². The number of amides is 2. The minimum Gasteiger partial charge on any atom is -0.371 e. The minimum atomic E-state index is -0.0281. The van der Waals surface area contributed by atoms with Crippen LogP contribution in [0.5, 0.6) is 0 Å². The maximum absolute atomic E-state index is 12.7. The predicted molar refractivity (Wildman–Crippen MR) is 101 cm³/mol. The monoisotopic (exact) mass is 391 g/mol. The second-order valence-electron chi connectivity index (χ2n) is 6.62. The van der Waals surface area contributed by atoms with Gasteiger partial charge in [0.1, 0.15) is 16.0 Å². The fraction of sp³-hybridized carbons (Fsp3) is 0.500. The predicted octanol–water partition coefficient (Wildman–Crippen LogP) is 3.09. The van der Waals surface area contributed by atoms with E-state index in [-0.39, 0.29) is 24.0 Å². The SMILES string of the molecule is O=C(NC1CCN(C(=O)c2cnc(C3CCCO3)s2)CC1)c1ccsc1. The van der Waals surface area contributed by atoms with Crippen LogP contribution in [0.1, 0.15) is 56.8 Å². The van der Waals surface area contributed by atoms with Crippen molar-refractivity contribution in [1.82, 2.24) is 15.2 Å².